The van der Waals surface area contributed by atoms with Crippen molar-refractivity contribution in [3.63, 3.8) is 0 Å². The Morgan fingerprint density at radius 3 is 2.48 bits per heavy atom. The van der Waals surface area contributed by atoms with Gasteiger partial charge in [-0.25, -0.2) is 18.0 Å². The molecule has 3 nitrogen and oxygen atoms in total. The van der Waals surface area contributed by atoms with Gasteiger partial charge in [-0.15, -0.1) is 0 Å². The van der Waals surface area contributed by atoms with Crippen molar-refractivity contribution in [1.82, 2.24) is 0 Å². The van der Waals surface area contributed by atoms with Crippen LogP contribution in [0.3, 0.4) is 0 Å². The average molecular weight is 295 g/mol. The maximum atomic E-state index is 13.5. The van der Waals surface area contributed by atoms with Crippen molar-refractivity contribution in [3.05, 3.63) is 65.0 Å². The van der Waals surface area contributed by atoms with Crippen LogP contribution in [0.4, 0.5) is 18.9 Å². The number of anilines is 1. The number of ether oxygens (including phenoxy) is 1. The first-order valence-corrected chi connectivity index (χ1v) is 6.07. The highest BCUT2D eigenvalue weighted by molar-refractivity contribution is 5.91. The Labute approximate surface area is 119 Å². The van der Waals surface area contributed by atoms with E-state index in [0.29, 0.717) is 17.2 Å². The van der Waals surface area contributed by atoms with Crippen LogP contribution in [-0.4, -0.2) is 13.1 Å². The zero-order chi connectivity index (χ0) is 15.4. The molecule has 2 aromatic rings. The predicted octanol–water partition coefficient (Wildman–Crippen LogP) is 3.50. The summed E-state index contributed by atoms with van der Waals surface area (Å²) in [5.74, 6) is -3.85. The number of methoxy groups -OCH3 is 1. The Hall–Kier alpha value is -2.50. The molecule has 0 unspecified atom stereocenters. The largest absolute Gasteiger partial charge is 0.465 e. The molecule has 2 rings (SSSR count). The van der Waals surface area contributed by atoms with Crippen molar-refractivity contribution in [3.8, 4) is 0 Å². The quantitative estimate of drug-likeness (QED) is 0.693. The van der Waals surface area contributed by atoms with Crippen molar-refractivity contribution in [2.24, 2.45) is 0 Å². The second-order valence-corrected chi connectivity index (χ2v) is 4.25. The number of nitrogens with one attached hydrogen (secondary N) is 1. The van der Waals surface area contributed by atoms with Gasteiger partial charge in [-0.05, 0) is 11.6 Å². The van der Waals surface area contributed by atoms with Gasteiger partial charge in [0.1, 0.15) is 5.82 Å². The summed E-state index contributed by atoms with van der Waals surface area (Å²) >= 11 is 0. The van der Waals surface area contributed by atoms with E-state index in [1.165, 1.54) is 7.11 Å². The number of carbonyl (C=O) groups excluding carboxylic acids is 1. The molecule has 1 N–H and O–H groups in total. The molecular formula is C15H12F3NO2. The molecule has 0 radical (unpaired) electrons. The molecular weight excluding hydrogens is 283 g/mol. The SMILES string of the molecule is COC(=O)c1ccccc1CNc1cc(F)c(F)cc1F. The molecule has 0 aliphatic carbocycles. The summed E-state index contributed by atoms with van der Waals surface area (Å²) in [5, 5.41) is 2.63. The molecule has 21 heavy (non-hydrogen) atoms. The minimum Gasteiger partial charge on any atom is -0.465 e. The minimum absolute atomic E-state index is 0.0628. The van der Waals surface area contributed by atoms with Crippen molar-refractivity contribution in [2.75, 3.05) is 12.4 Å². The maximum Gasteiger partial charge on any atom is 0.338 e. The molecule has 0 aromatic heterocycles. The molecule has 0 saturated carbocycles. The summed E-state index contributed by atoms with van der Waals surface area (Å²) in [7, 11) is 1.25. The molecule has 110 valence electrons. The van der Waals surface area contributed by atoms with Crippen LogP contribution in [0.1, 0.15) is 15.9 Å². The van der Waals surface area contributed by atoms with Crippen LogP contribution in [0.2, 0.25) is 0 Å². The molecule has 0 saturated heterocycles. The standard InChI is InChI=1S/C15H12F3NO2/c1-21-15(20)10-5-3-2-4-9(10)8-19-14-7-12(17)11(16)6-13(14)18/h2-7,19H,8H2,1H3. The number of benzene rings is 2. The summed E-state index contributed by atoms with van der Waals surface area (Å²) in [5.41, 5.74) is 0.678. The Morgan fingerprint density at radius 2 is 1.76 bits per heavy atom. The minimum atomic E-state index is -1.26. The van der Waals surface area contributed by atoms with E-state index in [0.717, 1.165) is 6.07 Å². The van der Waals surface area contributed by atoms with Gasteiger partial charge in [0.25, 0.3) is 0 Å². The fourth-order valence-electron chi connectivity index (χ4n) is 1.83. The van der Waals surface area contributed by atoms with Crippen LogP contribution in [0.25, 0.3) is 0 Å². The molecule has 0 heterocycles. The third-order valence-corrected chi connectivity index (χ3v) is 2.90. The summed E-state index contributed by atoms with van der Waals surface area (Å²) in [4.78, 5) is 11.6. The highest BCUT2D eigenvalue weighted by atomic mass is 19.2. The monoisotopic (exact) mass is 295 g/mol. The van der Waals surface area contributed by atoms with E-state index >= 15 is 0 Å². The normalized spacial score (nSPS) is 10.3. The molecule has 0 fully saturated rings. The van der Waals surface area contributed by atoms with Gasteiger partial charge in [0, 0.05) is 18.7 Å². The second kappa shape index (κ2) is 6.30. The molecule has 2 aromatic carbocycles. The van der Waals surface area contributed by atoms with Crippen LogP contribution in [0.5, 0.6) is 0 Å². The van der Waals surface area contributed by atoms with Gasteiger partial charge in [-0.3, -0.25) is 0 Å². The highest BCUT2D eigenvalue weighted by Gasteiger charge is 2.13. The van der Waals surface area contributed by atoms with Crippen LogP contribution >= 0.6 is 0 Å². The smallest absolute Gasteiger partial charge is 0.338 e. The van der Waals surface area contributed by atoms with E-state index in [1.807, 2.05) is 0 Å². The number of carbonyl (C=O) groups is 1. The molecule has 0 aliphatic heterocycles. The molecule has 0 atom stereocenters. The lowest BCUT2D eigenvalue weighted by atomic mass is 10.1. The Balaban J connectivity index is 2.21. The van der Waals surface area contributed by atoms with Crippen molar-refractivity contribution in [2.45, 2.75) is 6.54 Å². The van der Waals surface area contributed by atoms with Gasteiger partial charge in [0.15, 0.2) is 11.6 Å². The van der Waals surface area contributed by atoms with Gasteiger partial charge in [-0.2, -0.15) is 0 Å². The number of rotatable bonds is 4. The lowest BCUT2D eigenvalue weighted by Crippen LogP contribution is -2.10. The lowest BCUT2D eigenvalue weighted by Gasteiger charge is -2.11. The zero-order valence-corrected chi connectivity index (χ0v) is 11.1. The van der Waals surface area contributed by atoms with Crippen LogP contribution < -0.4 is 5.32 Å². The Kier molecular flexibility index (Phi) is 4.47. The van der Waals surface area contributed by atoms with Crippen molar-refractivity contribution in [1.29, 1.82) is 0 Å². The van der Waals surface area contributed by atoms with Crippen LogP contribution in [-0.2, 0) is 11.3 Å². The van der Waals surface area contributed by atoms with Crippen molar-refractivity contribution < 1.29 is 22.7 Å². The first-order valence-electron chi connectivity index (χ1n) is 6.07. The number of esters is 1. The van der Waals surface area contributed by atoms with E-state index in [9.17, 15) is 18.0 Å². The Morgan fingerprint density at radius 1 is 1.10 bits per heavy atom. The van der Waals surface area contributed by atoms with Gasteiger partial charge < -0.3 is 10.1 Å². The molecule has 0 aliphatic rings. The number of hydrogen-bond acceptors (Lipinski definition) is 3. The van der Waals surface area contributed by atoms with Gasteiger partial charge in [0.05, 0.1) is 18.4 Å². The molecule has 0 spiro atoms. The summed E-state index contributed by atoms with van der Waals surface area (Å²) in [6.45, 7) is 0.0628. The summed E-state index contributed by atoms with van der Waals surface area (Å²) in [6, 6.07) is 7.76. The van der Waals surface area contributed by atoms with Gasteiger partial charge in [-0.1, -0.05) is 18.2 Å². The van der Waals surface area contributed by atoms with E-state index < -0.39 is 23.4 Å². The van der Waals surface area contributed by atoms with E-state index in [4.69, 9.17) is 0 Å². The van der Waals surface area contributed by atoms with Crippen LogP contribution in [0, 0.1) is 17.5 Å². The highest BCUT2D eigenvalue weighted by Crippen LogP contribution is 2.20. The second-order valence-electron chi connectivity index (χ2n) is 4.25. The van der Waals surface area contributed by atoms with Gasteiger partial charge in [0.2, 0.25) is 0 Å². The first kappa shape index (κ1) is 14.9. The zero-order valence-electron chi connectivity index (χ0n) is 11.1. The van der Waals surface area contributed by atoms with E-state index in [1.54, 1.807) is 24.3 Å². The van der Waals surface area contributed by atoms with E-state index in [-0.39, 0.29) is 12.2 Å². The number of halogens is 3. The summed E-state index contributed by atoms with van der Waals surface area (Å²) in [6.07, 6.45) is 0. The molecule has 0 amide bonds. The van der Waals surface area contributed by atoms with Crippen LogP contribution in [0.15, 0.2) is 36.4 Å². The lowest BCUT2D eigenvalue weighted by molar-refractivity contribution is 0.0599. The van der Waals surface area contributed by atoms with Gasteiger partial charge >= 0.3 is 5.97 Å². The van der Waals surface area contributed by atoms with Crippen molar-refractivity contribution >= 4 is 11.7 Å². The summed E-state index contributed by atoms with van der Waals surface area (Å²) < 4.78 is 44.1. The van der Waals surface area contributed by atoms with E-state index in [2.05, 4.69) is 10.1 Å². The number of hydrogen-bond donors (Lipinski definition) is 1. The topological polar surface area (TPSA) is 38.3 Å². The third kappa shape index (κ3) is 3.34. The predicted molar refractivity (Wildman–Crippen MR) is 71.4 cm³/mol. The first-order chi connectivity index (χ1) is 10.0. The fourth-order valence-corrected chi connectivity index (χ4v) is 1.83. The maximum absolute atomic E-state index is 13.5. The Bertz CT molecular complexity index is 674. The third-order valence-electron chi connectivity index (χ3n) is 2.90. The fraction of sp³-hybridized carbons (Fsp3) is 0.133. The molecule has 6 heteroatoms. The average Bonchev–Trinajstić information content (AvgIpc) is 2.49. The molecule has 0 bridgehead atoms.